The molecule has 1 aliphatic rings. The Kier molecular flexibility index (Phi) is 5.94. The molecule has 0 aliphatic carbocycles. The molecule has 1 aliphatic heterocycles. The van der Waals surface area contributed by atoms with Crippen LogP contribution in [0, 0.1) is 13.8 Å². The molecule has 2 heterocycles. The van der Waals surface area contributed by atoms with Gasteiger partial charge in [0, 0.05) is 43.5 Å². The van der Waals surface area contributed by atoms with Crippen LogP contribution in [0.15, 0.2) is 0 Å². The number of aromatic nitrogens is 2. The summed E-state index contributed by atoms with van der Waals surface area (Å²) < 4.78 is 0. The van der Waals surface area contributed by atoms with Gasteiger partial charge < -0.3 is 16.4 Å². The Bertz CT molecular complexity index is 638. The SMILES string of the molecule is Cc1nc(N)nc(C)c1CCC(=O)N1CCN(C(C)C)[C@@H](C(N)=O)C1. The van der Waals surface area contributed by atoms with E-state index in [1.807, 2.05) is 32.6 Å². The van der Waals surface area contributed by atoms with E-state index in [0.29, 0.717) is 32.5 Å². The molecular formula is C17H28N6O2. The van der Waals surface area contributed by atoms with Crippen molar-refractivity contribution in [3.8, 4) is 0 Å². The van der Waals surface area contributed by atoms with Crippen molar-refractivity contribution in [1.29, 1.82) is 0 Å². The summed E-state index contributed by atoms with van der Waals surface area (Å²) in [6.07, 6.45) is 0.907. The summed E-state index contributed by atoms with van der Waals surface area (Å²) >= 11 is 0. The molecule has 25 heavy (non-hydrogen) atoms. The zero-order chi connectivity index (χ0) is 18.7. The fourth-order valence-corrected chi connectivity index (χ4v) is 3.41. The van der Waals surface area contributed by atoms with E-state index in [1.165, 1.54) is 0 Å². The second-order valence-electron chi connectivity index (χ2n) is 6.82. The molecule has 0 unspecified atom stereocenters. The lowest BCUT2D eigenvalue weighted by Crippen LogP contribution is -2.61. The molecule has 1 fully saturated rings. The number of carbonyl (C=O) groups is 2. The number of nitrogen functional groups attached to an aromatic ring is 1. The normalized spacial score (nSPS) is 18.6. The zero-order valence-corrected chi connectivity index (χ0v) is 15.5. The highest BCUT2D eigenvalue weighted by molar-refractivity contribution is 5.82. The number of rotatable bonds is 5. The highest BCUT2D eigenvalue weighted by Crippen LogP contribution is 2.17. The Hall–Kier alpha value is -2.22. The lowest BCUT2D eigenvalue weighted by molar-refractivity contribution is -0.138. The van der Waals surface area contributed by atoms with Crippen molar-refractivity contribution in [1.82, 2.24) is 19.8 Å². The third-order valence-corrected chi connectivity index (χ3v) is 4.79. The molecule has 4 N–H and O–H groups in total. The molecule has 2 amide bonds. The molecule has 0 bridgehead atoms. The zero-order valence-electron chi connectivity index (χ0n) is 15.5. The summed E-state index contributed by atoms with van der Waals surface area (Å²) in [7, 11) is 0. The van der Waals surface area contributed by atoms with Crippen LogP contribution in [-0.4, -0.2) is 63.3 Å². The van der Waals surface area contributed by atoms with E-state index in [4.69, 9.17) is 11.5 Å². The Morgan fingerprint density at radius 2 is 1.80 bits per heavy atom. The molecule has 2 rings (SSSR count). The van der Waals surface area contributed by atoms with Crippen LogP contribution in [0.2, 0.25) is 0 Å². The van der Waals surface area contributed by atoms with Crippen LogP contribution in [0.1, 0.15) is 37.2 Å². The molecule has 0 saturated carbocycles. The van der Waals surface area contributed by atoms with Gasteiger partial charge in [0.15, 0.2) is 0 Å². The summed E-state index contributed by atoms with van der Waals surface area (Å²) in [5, 5.41) is 0. The van der Waals surface area contributed by atoms with Crippen molar-refractivity contribution in [2.75, 3.05) is 25.4 Å². The fourth-order valence-electron chi connectivity index (χ4n) is 3.41. The number of nitrogens with two attached hydrogens (primary N) is 2. The molecule has 1 atom stereocenters. The molecule has 138 valence electrons. The number of piperazine rings is 1. The van der Waals surface area contributed by atoms with E-state index in [2.05, 4.69) is 9.97 Å². The summed E-state index contributed by atoms with van der Waals surface area (Å²) in [5.41, 5.74) is 13.7. The second kappa shape index (κ2) is 7.77. The number of nitrogens with zero attached hydrogens (tertiary/aromatic N) is 4. The van der Waals surface area contributed by atoms with Gasteiger partial charge in [0.25, 0.3) is 0 Å². The standard InChI is InChI=1S/C17H28N6O2/c1-10(2)23-8-7-22(9-14(23)16(18)25)15(24)6-5-13-11(3)20-17(19)21-12(13)4/h10,14H,5-9H2,1-4H3,(H2,18,25)(H2,19,20,21)/t14-/m1/s1. The van der Waals surface area contributed by atoms with Crippen LogP contribution in [0.5, 0.6) is 0 Å². The van der Waals surface area contributed by atoms with Gasteiger partial charge in [0.1, 0.15) is 6.04 Å². The maximum Gasteiger partial charge on any atom is 0.236 e. The van der Waals surface area contributed by atoms with Crippen molar-refractivity contribution < 1.29 is 9.59 Å². The molecule has 8 heteroatoms. The first-order chi connectivity index (χ1) is 11.7. The first kappa shape index (κ1) is 19.1. The number of aryl methyl sites for hydroxylation is 2. The lowest BCUT2D eigenvalue weighted by atomic mass is 10.0. The molecule has 1 aromatic heterocycles. The number of primary amides is 1. The minimum atomic E-state index is -0.430. The Balaban J connectivity index is 2.01. The monoisotopic (exact) mass is 348 g/mol. The van der Waals surface area contributed by atoms with Gasteiger partial charge in [-0.05, 0) is 39.7 Å². The summed E-state index contributed by atoms with van der Waals surface area (Å²) in [6, 6.07) is -0.215. The Morgan fingerprint density at radius 3 is 2.32 bits per heavy atom. The van der Waals surface area contributed by atoms with Crippen molar-refractivity contribution >= 4 is 17.8 Å². The first-order valence-corrected chi connectivity index (χ1v) is 8.63. The third-order valence-electron chi connectivity index (χ3n) is 4.79. The summed E-state index contributed by atoms with van der Waals surface area (Å²) in [6.45, 7) is 9.41. The smallest absolute Gasteiger partial charge is 0.236 e. The Labute approximate surface area is 148 Å². The van der Waals surface area contributed by atoms with Crippen molar-refractivity contribution in [3.63, 3.8) is 0 Å². The van der Waals surface area contributed by atoms with Crippen LogP contribution < -0.4 is 11.5 Å². The van der Waals surface area contributed by atoms with Crippen LogP contribution in [-0.2, 0) is 16.0 Å². The molecular weight excluding hydrogens is 320 g/mol. The lowest BCUT2D eigenvalue weighted by Gasteiger charge is -2.42. The highest BCUT2D eigenvalue weighted by Gasteiger charge is 2.34. The molecule has 8 nitrogen and oxygen atoms in total. The van der Waals surface area contributed by atoms with E-state index in [1.54, 1.807) is 4.90 Å². The molecule has 0 spiro atoms. The molecule has 1 saturated heterocycles. The Morgan fingerprint density at radius 1 is 1.20 bits per heavy atom. The molecule has 0 aromatic carbocycles. The van der Waals surface area contributed by atoms with Gasteiger partial charge >= 0.3 is 0 Å². The van der Waals surface area contributed by atoms with Gasteiger partial charge in [-0.25, -0.2) is 9.97 Å². The van der Waals surface area contributed by atoms with E-state index in [0.717, 1.165) is 17.0 Å². The van der Waals surface area contributed by atoms with E-state index in [-0.39, 0.29) is 23.8 Å². The van der Waals surface area contributed by atoms with Crippen molar-refractivity contribution in [2.24, 2.45) is 5.73 Å². The molecule has 0 radical (unpaired) electrons. The number of hydrogen-bond acceptors (Lipinski definition) is 6. The average molecular weight is 348 g/mol. The maximum atomic E-state index is 12.6. The van der Waals surface area contributed by atoms with Gasteiger partial charge in [-0.15, -0.1) is 0 Å². The van der Waals surface area contributed by atoms with Gasteiger partial charge in [-0.3, -0.25) is 14.5 Å². The van der Waals surface area contributed by atoms with Gasteiger partial charge in [0.05, 0.1) is 0 Å². The van der Waals surface area contributed by atoms with E-state index in [9.17, 15) is 9.59 Å². The van der Waals surface area contributed by atoms with E-state index >= 15 is 0 Å². The van der Waals surface area contributed by atoms with Crippen LogP contribution in [0.25, 0.3) is 0 Å². The molecule has 1 aromatic rings. The maximum absolute atomic E-state index is 12.6. The van der Waals surface area contributed by atoms with Crippen molar-refractivity contribution in [2.45, 2.75) is 52.6 Å². The number of amides is 2. The van der Waals surface area contributed by atoms with Gasteiger partial charge in [0.2, 0.25) is 17.8 Å². The summed E-state index contributed by atoms with van der Waals surface area (Å²) in [4.78, 5) is 36.5. The first-order valence-electron chi connectivity index (χ1n) is 8.63. The van der Waals surface area contributed by atoms with Gasteiger partial charge in [-0.1, -0.05) is 0 Å². The van der Waals surface area contributed by atoms with Crippen LogP contribution in [0.3, 0.4) is 0 Å². The minimum Gasteiger partial charge on any atom is -0.368 e. The largest absolute Gasteiger partial charge is 0.368 e. The van der Waals surface area contributed by atoms with Crippen LogP contribution >= 0.6 is 0 Å². The number of anilines is 1. The minimum absolute atomic E-state index is 0.0188. The van der Waals surface area contributed by atoms with Crippen LogP contribution in [0.4, 0.5) is 5.95 Å². The predicted octanol–water partition coefficient (Wildman–Crippen LogP) is 0.0147. The number of carbonyl (C=O) groups excluding carboxylic acids is 2. The summed E-state index contributed by atoms with van der Waals surface area (Å²) in [5.74, 6) is -0.116. The van der Waals surface area contributed by atoms with E-state index < -0.39 is 6.04 Å². The van der Waals surface area contributed by atoms with Crippen molar-refractivity contribution in [3.05, 3.63) is 17.0 Å². The topological polar surface area (TPSA) is 118 Å². The quantitative estimate of drug-likeness (QED) is 0.774. The fraction of sp³-hybridized carbons (Fsp3) is 0.647. The van der Waals surface area contributed by atoms with Gasteiger partial charge in [-0.2, -0.15) is 0 Å². The highest BCUT2D eigenvalue weighted by atomic mass is 16.2. The second-order valence-corrected chi connectivity index (χ2v) is 6.82. The number of hydrogen-bond donors (Lipinski definition) is 2. The predicted molar refractivity (Wildman–Crippen MR) is 95.6 cm³/mol. The third kappa shape index (κ3) is 4.45. The average Bonchev–Trinajstić information content (AvgIpc) is 2.52.